The molecule has 0 aliphatic rings. The quantitative estimate of drug-likeness (QED) is 0.247. The molecule has 0 bridgehead atoms. The Kier molecular flexibility index (Phi) is 7.17. The number of carbonyl (C=O) groups is 1. The van der Waals surface area contributed by atoms with Gasteiger partial charge in [0.25, 0.3) is 21.5 Å². The Morgan fingerprint density at radius 1 is 1.05 bits per heavy atom. The summed E-state index contributed by atoms with van der Waals surface area (Å²) in [6, 6.07) is 21.4. The number of aromatic amines is 1. The van der Waals surface area contributed by atoms with Gasteiger partial charge < -0.3 is 10.1 Å². The maximum Gasteiger partial charge on any atom is 0.296 e. The third-order valence-electron chi connectivity index (χ3n) is 6.36. The Morgan fingerprint density at radius 2 is 1.70 bits per heavy atom. The van der Waals surface area contributed by atoms with Crippen LogP contribution in [0.2, 0.25) is 0 Å². The van der Waals surface area contributed by atoms with E-state index in [1.54, 1.807) is 80.7 Å². The molecule has 0 saturated carbocycles. The first kappa shape index (κ1) is 27.1. The first-order chi connectivity index (χ1) is 19.1. The van der Waals surface area contributed by atoms with Gasteiger partial charge in [0.05, 0.1) is 21.8 Å². The third-order valence-corrected chi connectivity index (χ3v) is 8.61. The van der Waals surface area contributed by atoms with Crippen LogP contribution in [0.15, 0.2) is 103 Å². The normalized spacial score (nSPS) is 11.9. The summed E-state index contributed by atoms with van der Waals surface area (Å²) in [4.78, 5) is 29.5. The number of aromatic nitrogens is 3. The minimum atomic E-state index is -4.38. The molecular weight excluding hydrogens is 600 g/mol. The zero-order valence-corrected chi connectivity index (χ0v) is 23.7. The Balaban J connectivity index is 1.59. The Bertz CT molecular complexity index is 1930. The smallest absolute Gasteiger partial charge is 0.296 e. The number of aromatic hydroxyl groups is 1. The summed E-state index contributed by atoms with van der Waals surface area (Å²) in [6.07, 6.45) is 0. The van der Waals surface area contributed by atoms with Gasteiger partial charge in [0.1, 0.15) is 12.2 Å². The first-order valence-electron chi connectivity index (χ1n) is 12.0. The van der Waals surface area contributed by atoms with E-state index in [0.29, 0.717) is 22.3 Å². The first-order valence-corrected chi connectivity index (χ1v) is 14.2. The summed E-state index contributed by atoms with van der Waals surface area (Å²) in [7, 11) is -2.75. The van der Waals surface area contributed by atoms with Crippen LogP contribution in [0.4, 0.5) is 11.4 Å². The highest BCUT2D eigenvalue weighted by Crippen LogP contribution is 2.37. The van der Waals surface area contributed by atoms with Gasteiger partial charge in [-0.05, 0) is 49.4 Å². The molecule has 3 aromatic carbocycles. The number of nitrogens with zero attached hydrogens (tertiary/aromatic N) is 5. The molecule has 204 valence electrons. The van der Waals surface area contributed by atoms with Crippen LogP contribution in [0.1, 0.15) is 5.69 Å². The second kappa shape index (κ2) is 10.6. The highest BCUT2D eigenvalue weighted by molar-refractivity contribution is 9.10. The summed E-state index contributed by atoms with van der Waals surface area (Å²) in [5.41, 5.74) is 0.596. The number of halogens is 1. The number of nitrogens with one attached hydrogen (secondary N) is 1. The van der Waals surface area contributed by atoms with Crippen molar-refractivity contribution in [3.63, 3.8) is 0 Å². The SMILES string of the molecule is Cc1c(N(CC(=O)N=Nc2c(O)[nH]c3ccc(Br)cc23)S(=O)(=O)c2ccccc2)c(=O)n(-c2ccccc2)n1C. The molecule has 2 aromatic heterocycles. The van der Waals surface area contributed by atoms with Crippen molar-refractivity contribution in [2.75, 3.05) is 10.8 Å². The molecule has 5 rings (SSSR count). The summed E-state index contributed by atoms with van der Waals surface area (Å²) in [5.74, 6) is -1.25. The van der Waals surface area contributed by atoms with Crippen LogP contribution >= 0.6 is 15.9 Å². The maximum absolute atomic E-state index is 13.8. The second-order valence-corrected chi connectivity index (χ2v) is 11.6. The van der Waals surface area contributed by atoms with Crippen LogP contribution in [0.3, 0.4) is 0 Å². The van der Waals surface area contributed by atoms with Crippen molar-refractivity contribution in [1.29, 1.82) is 0 Å². The fourth-order valence-electron chi connectivity index (χ4n) is 4.34. The van der Waals surface area contributed by atoms with E-state index in [1.807, 2.05) is 0 Å². The van der Waals surface area contributed by atoms with E-state index in [2.05, 4.69) is 31.1 Å². The molecule has 0 radical (unpaired) electrons. The van der Waals surface area contributed by atoms with E-state index in [9.17, 15) is 23.1 Å². The number of H-pyrrole nitrogens is 1. The van der Waals surface area contributed by atoms with E-state index < -0.39 is 28.0 Å². The van der Waals surface area contributed by atoms with Crippen LogP contribution in [0.25, 0.3) is 16.6 Å². The molecule has 0 saturated heterocycles. The number of amides is 1. The fourth-order valence-corrected chi connectivity index (χ4v) is 6.19. The Morgan fingerprint density at radius 3 is 2.38 bits per heavy atom. The second-order valence-electron chi connectivity index (χ2n) is 8.84. The van der Waals surface area contributed by atoms with Gasteiger partial charge in [-0.3, -0.25) is 14.3 Å². The number of para-hydroxylation sites is 1. The van der Waals surface area contributed by atoms with Crippen LogP contribution < -0.4 is 9.86 Å². The van der Waals surface area contributed by atoms with E-state index in [0.717, 1.165) is 8.78 Å². The summed E-state index contributed by atoms with van der Waals surface area (Å²) < 4.78 is 32.0. The number of azo groups is 1. The molecule has 1 amide bonds. The lowest BCUT2D eigenvalue weighted by atomic mass is 10.2. The molecule has 0 unspecified atom stereocenters. The Hall–Kier alpha value is -4.49. The van der Waals surface area contributed by atoms with Gasteiger partial charge in [-0.1, -0.05) is 52.3 Å². The van der Waals surface area contributed by atoms with Gasteiger partial charge in [-0.15, -0.1) is 10.2 Å². The van der Waals surface area contributed by atoms with Crippen molar-refractivity contribution in [2.45, 2.75) is 11.8 Å². The molecule has 0 aliphatic carbocycles. The third kappa shape index (κ3) is 4.84. The van der Waals surface area contributed by atoms with Gasteiger partial charge in [-0.25, -0.2) is 17.4 Å². The standard InChI is InChI=1S/C27H23BrN6O5S/c1-17-25(27(37)34(32(17)2)19-9-5-3-6-10-19)33(40(38,39)20-11-7-4-8-12-20)16-23(35)30-31-24-21-15-18(28)13-14-22(21)29-26(24)36/h3-15,29,36H,16H2,1-2H3. The van der Waals surface area contributed by atoms with E-state index >= 15 is 0 Å². The topological polar surface area (TPSA) is 142 Å². The van der Waals surface area contributed by atoms with E-state index in [4.69, 9.17) is 0 Å². The fraction of sp³-hybridized carbons (Fsp3) is 0.111. The van der Waals surface area contributed by atoms with E-state index in [1.165, 1.54) is 21.5 Å². The number of carbonyl (C=O) groups excluding carboxylic acids is 1. The average molecular weight is 623 g/mol. The zero-order valence-electron chi connectivity index (χ0n) is 21.3. The average Bonchev–Trinajstić information content (AvgIpc) is 3.37. The van der Waals surface area contributed by atoms with Crippen molar-refractivity contribution < 1.29 is 18.3 Å². The number of hydrogen-bond acceptors (Lipinski definition) is 6. The number of rotatable bonds is 7. The van der Waals surface area contributed by atoms with Crippen molar-refractivity contribution in [2.24, 2.45) is 17.3 Å². The minimum absolute atomic E-state index is 0.0180. The van der Waals surface area contributed by atoms with Crippen LogP contribution in [-0.2, 0) is 21.9 Å². The van der Waals surface area contributed by atoms with Gasteiger partial charge in [0, 0.05) is 16.9 Å². The lowest BCUT2D eigenvalue weighted by Crippen LogP contribution is -2.38. The highest BCUT2D eigenvalue weighted by atomic mass is 79.9. The largest absolute Gasteiger partial charge is 0.493 e. The van der Waals surface area contributed by atoms with Crippen LogP contribution in [0.5, 0.6) is 5.88 Å². The molecular formula is C27H23BrN6O5S. The van der Waals surface area contributed by atoms with Crippen molar-refractivity contribution in [3.8, 4) is 11.6 Å². The van der Waals surface area contributed by atoms with Gasteiger partial charge in [-0.2, -0.15) is 0 Å². The molecule has 0 spiro atoms. The van der Waals surface area contributed by atoms with Gasteiger partial charge in [0.2, 0.25) is 5.88 Å². The molecule has 2 heterocycles. The van der Waals surface area contributed by atoms with Crippen molar-refractivity contribution >= 4 is 54.1 Å². The van der Waals surface area contributed by atoms with Gasteiger partial charge in [0.15, 0.2) is 5.69 Å². The zero-order chi connectivity index (χ0) is 28.6. The molecule has 40 heavy (non-hydrogen) atoms. The molecule has 0 atom stereocenters. The molecule has 13 heteroatoms. The van der Waals surface area contributed by atoms with Crippen molar-refractivity contribution in [3.05, 3.63) is 99.4 Å². The maximum atomic E-state index is 13.8. The number of fused-ring (bicyclic) bond motifs is 1. The number of hydrogen-bond donors (Lipinski definition) is 2. The number of benzene rings is 3. The lowest BCUT2D eigenvalue weighted by molar-refractivity contribution is -0.116. The minimum Gasteiger partial charge on any atom is -0.493 e. The summed E-state index contributed by atoms with van der Waals surface area (Å²) >= 11 is 3.35. The monoisotopic (exact) mass is 622 g/mol. The molecule has 0 fully saturated rings. The predicted molar refractivity (Wildman–Crippen MR) is 154 cm³/mol. The van der Waals surface area contributed by atoms with Crippen LogP contribution in [0, 0.1) is 6.92 Å². The molecule has 0 aliphatic heterocycles. The molecule has 2 N–H and O–H groups in total. The predicted octanol–water partition coefficient (Wildman–Crippen LogP) is 4.94. The van der Waals surface area contributed by atoms with E-state index in [-0.39, 0.29) is 22.2 Å². The Labute approximate surface area is 237 Å². The van der Waals surface area contributed by atoms with Crippen LogP contribution in [-0.4, -0.2) is 40.3 Å². The van der Waals surface area contributed by atoms with Gasteiger partial charge >= 0.3 is 0 Å². The molecule has 5 aromatic rings. The molecule has 11 nitrogen and oxygen atoms in total. The highest BCUT2D eigenvalue weighted by Gasteiger charge is 2.33. The summed E-state index contributed by atoms with van der Waals surface area (Å²) in [5, 5.41) is 18.4. The number of anilines is 1. The van der Waals surface area contributed by atoms with Crippen molar-refractivity contribution in [1.82, 2.24) is 14.3 Å². The summed E-state index contributed by atoms with van der Waals surface area (Å²) in [6.45, 7) is 0.792. The number of sulfonamides is 1. The lowest BCUT2D eigenvalue weighted by Gasteiger charge is -2.21.